The van der Waals surface area contributed by atoms with Gasteiger partial charge in [-0.2, -0.15) is 0 Å². The molecular formula is C39H53F2N7O5SSi. The lowest BCUT2D eigenvalue weighted by atomic mass is 10.1. The van der Waals surface area contributed by atoms with Gasteiger partial charge in [-0.25, -0.2) is 32.0 Å². The standard InChI is InChI=1S/C39H53F2N7O5SSi/c1-38(2,3)53-37(49)44-31-14-17-47(24-31)32-9-7-8-28(22-32)25-54(50,51)45-30-12-10-29(11-13-30)34-23-33-35(46-18-15-39(40,41)16-19-46)42-26-43-36(33)48(34)27-52-20-21-55(4,5)6/h7-13,22-23,26,31,45H,14-21,24-25,27H2,1-6H3,(H,44,49)/t31-/m0/s1. The van der Waals surface area contributed by atoms with Crippen LogP contribution in [0.2, 0.25) is 25.7 Å². The third-order valence-corrected chi connectivity index (χ3v) is 12.6. The maximum Gasteiger partial charge on any atom is 0.407 e. The molecule has 0 unspecified atom stereocenters. The number of carbonyl (C=O) groups excluding carboxylic acids is 1. The lowest BCUT2D eigenvalue weighted by Crippen LogP contribution is -2.40. The number of fused-ring (bicyclic) bond motifs is 1. The van der Waals surface area contributed by atoms with Crippen molar-refractivity contribution in [3.8, 4) is 11.3 Å². The molecule has 2 fully saturated rings. The second-order valence-corrected chi connectivity index (χ2v) is 24.1. The number of amides is 1. The summed E-state index contributed by atoms with van der Waals surface area (Å²) < 4.78 is 71.1. The SMILES string of the molecule is CC(C)(C)OC(=O)N[C@H]1CCN(c2cccc(CS(=O)(=O)Nc3ccc(-c4cc5c(N6CCC(F)(F)CC6)ncnc5n4COCC[Si](C)(C)C)cc3)c2)C1. The molecule has 4 heterocycles. The van der Waals surface area contributed by atoms with Crippen molar-refractivity contribution >= 4 is 52.4 Å². The minimum atomic E-state index is -3.77. The van der Waals surface area contributed by atoms with Crippen LogP contribution in [0, 0.1) is 0 Å². The molecule has 2 saturated heterocycles. The number of alkyl halides is 2. The number of ether oxygens (including phenoxy) is 2. The minimum Gasteiger partial charge on any atom is -0.444 e. The fraction of sp³-hybridized carbons (Fsp3) is 0.513. The number of nitrogens with zero attached hydrogens (tertiary/aromatic N) is 5. The van der Waals surface area contributed by atoms with E-state index in [9.17, 15) is 22.0 Å². The Morgan fingerprint density at radius 1 is 1.00 bits per heavy atom. The predicted molar refractivity (Wildman–Crippen MR) is 216 cm³/mol. The van der Waals surface area contributed by atoms with E-state index in [2.05, 4.69) is 44.5 Å². The predicted octanol–water partition coefficient (Wildman–Crippen LogP) is 7.69. The van der Waals surface area contributed by atoms with E-state index in [1.54, 1.807) is 18.2 Å². The number of hydrogen-bond acceptors (Lipinski definition) is 9. The van der Waals surface area contributed by atoms with Crippen molar-refractivity contribution in [2.45, 2.75) is 95.8 Å². The molecule has 55 heavy (non-hydrogen) atoms. The van der Waals surface area contributed by atoms with Gasteiger partial charge in [-0.3, -0.25) is 4.72 Å². The van der Waals surface area contributed by atoms with Crippen molar-refractivity contribution in [2.75, 3.05) is 47.3 Å². The van der Waals surface area contributed by atoms with Crippen molar-refractivity contribution in [1.82, 2.24) is 19.9 Å². The van der Waals surface area contributed by atoms with Gasteiger partial charge in [0.25, 0.3) is 5.92 Å². The van der Waals surface area contributed by atoms with E-state index in [1.165, 1.54) is 6.33 Å². The van der Waals surface area contributed by atoms with Crippen LogP contribution in [0.25, 0.3) is 22.3 Å². The van der Waals surface area contributed by atoms with E-state index >= 15 is 0 Å². The monoisotopic (exact) mass is 797 g/mol. The van der Waals surface area contributed by atoms with Gasteiger partial charge in [0, 0.05) is 65.1 Å². The number of nitrogens with one attached hydrogen (secondary N) is 2. The average molecular weight is 798 g/mol. The van der Waals surface area contributed by atoms with Gasteiger partial charge in [0.15, 0.2) is 0 Å². The normalized spacial score (nSPS) is 17.8. The first-order chi connectivity index (χ1) is 25.8. The van der Waals surface area contributed by atoms with Crippen LogP contribution in [0.1, 0.15) is 45.6 Å². The number of alkyl carbamates (subject to hydrolysis) is 1. The molecule has 0 aliphatic carbocycles. The number of hydrogen-bond donors (Lipinski definition) is 2. The second-order valence-electron chi connectivity index (χ2n) is 16.8. The minimum absolute atomic E-state index is 0.0730. The first-order valence-electron chi connectivity index (χ1n) is 18.8. The number of benzene rings is 2. The number of aromatic nitrogens is 3. The van der Waals surface area contributed by atoms with E-state index in [1.807, 2.05) is 66.6 Å². The van der Waals surface area contributed by atoms with Gasteiger partial charge in [0.2, 0.25) is 10.0 Å². The highest BCUT2D eigenvalue weighted by Gasteiger charge is 2.35. The van der Waals surface area contributed by atoms with Gasteiger partial charge in [0.1, 0.15) is 30.1 Å². The number of rotatable bonds is 13. The molecule has 6 rings (SSSR count). The highest BCUT2D eigenvalue weighted by Crippen LogP contribution is 2.36. The molecule has 2 aromatic heterocycles. The Balaban J connectivity index is 1.15. The summed E-state index contributed by atoms with van der Waals surface area (Å²) in [6.45, 7) is 14.9. The van der Waals surface area contributed by atoms with Crippen molar-refractivity contribution in [2.24, 2.45) is 0 Å². The van der Waals surface area contributed by atoms with Gasteiger partial charge in [-0.05, 0) is 74.7 Å². The fourth-order valence-corrected chi connectivity index (χ4v) is 8.77. The number of halogens is 2. The van der Waals surface area contributed by atoms with Crippen LogP contribution in [-0.4, -0.2) is 87.5 Å². The average Bonchev–Trinajstić information content (AvgIpc) is 3.70. The molecule has 4 aromatic rings. The zero-order valence-electron chi connectivity index (χ0n) is 32.6. The second kappa shape index (κ2) is 16.1. The zero-order valence-corrected chi connectivity index (χ0v) is 34.4. The Labute approximate surface area is 323 Å². The van der Waals surface area contributed by atoms with Crippen LogP contribution < -0.4 is 19.8 Å². The Bertz CT molecular complexity index is 2070. The lowest BCUT2D eigenvalue weighted by molar-refractivity contribution is -0.0221. The lowest BCUT2D eigenvalue weighted by Gasteiger charge is -2.32. The van der Waals surface area contributed by atoms with Gasteiger partial charge in [-0.15, -0.1) is 0 Å². The smallest absolute Gasteiger partial charge is 0.407 e. The Kier molecular flexibility index (Phi) is 11.8. The number of carbonyl (C=O) groups is 1. The van der Waals surface area contributed by atoms with Gasteiger partial charge < -0.3 is 29.2 Å². The van der Waals surface area contributed by atoms with Crippen molar-refractivity contribution in [3.05, 3.63) is 66.5 Å². The summed E-state index contributed by atoms with van der Waals surface area (Å²) in [6, 6.07) is 17.4. The van der Waals surface area contributed by atoms with Crippen LogP contribution in [-0.2, 0) is 32.0 Å². The number of anilines is 3. The Morgan fingerprint density at radius 3 is 2.42 bits per heavy atom. The summed E-state index contributed by atoms with van der Waals surface area (Å²) in [6.07, 6.45) is 1.30. The Morgan fingerprint density at radius 2 is 1.73 bits per heavy atom. The molecular weight excluding hydrogens is 745 g/mol. The highest BCUT2D eigenvalue weighted by molar-refractivity contribution is 7.91. The van der Waals surface area contributed by atoms with Gasteiger partial charge >= 0.3 is 6.09 Å². The van der Waals surface area contributed by atoms with Crippen LogP contribution >= 0.6 is 0 Å². The molecule has 1 atom stereocenters. The van der Waals surface area contributed by atoms with Crippen molar-refractivity contribution < 1.29 is 31.5 Å². The third kappa shape index (κ3) is 10.9. The van der Waals surface area contributed by atoms with Crippen LogP contribution in [0.3, 0.4) is 0 Å². The van der Waals surface area contributed by atoms with Gasteiger partial charge in [-0.1, -0.05) is 43.9 Å². The fourth-order valence-electron chi connectivity index (χ4n) is 6.83. The van der Waals surface area contributed by atoms with Gasteiger partial charge in [0.05, 0.1) is 22.9 Å². The third-order valence-electron chi connectivity index (χ3n) is 9.68. The summed E-state index contributed by atoms with van der Waals surface area (Å²) in [5.74, 6) is -2.29. The summed E-state index contributed by atoms with van der Waals surface area (Å²) in [5.41, 5.74) is 3.60. The summed E-state index contributed by atoms with van der Waals surface area (Å²) in [7, 11) is -5.10. The molecule has 0 spiro atoms. The van der Waals surface area contributed by atoms with E-state index in [0.717, 1.165) is 41.3 Å². The van der Waals surface area contributed by atoms with E-state index in [0.29, 0.717) is 35.9 Å². The molecule has 0 saturated carbocycles. The zero-order chi connectivity index (χ0) is 39.6. The van der Waals surface area contributed by atoms with E-state index in [-0.39, 0.29) is 44.5 Å². The van der Waals surface area contributed by atoms with E-state index in [4.69, 9.17) is 9.47 Å². The first-order valence-corrected chi connectivity index (χ1v) is 24.2. The van der Waals surface area contributed by atoms with Crippen LogP contribution in [0.4, 0.5) is 30.8 Å². The van der Waals surface area contributed by atoms with Crippen LogP contribution in [0.15, 0.2) is 60.9 Å². The molecule has 2 aliphatic heterocycles. The maximum atomic E-state index is 14.0. The molecule has 1 amide bonds. The number of piperidine rings is 1. The number of sulfonamides is 1. The summed E-state index contributed by atoms with van der Waals surface area (Å²) in [4.78, 5) is 25.4. The largest absolute Gasteiger partial charge is 0.444 e. The van der Waals surface area contributed by atoms with Crippen LogP contribution in [0.5, 0.6) is 0 Å². The molecule has 12 nitrogen and oxygen atoms in total. The Hall–Kier alpha value is -4.28. The molecule has 298 valence electrons. The molecule has 2 N–H and O–H groups in total. The van der Waals surface area contributed by atoms with Crippen molar-refractivity contribution in [3.63, 3.8) is 0 Å². The molecule has 2 aromatic carbocycles. The maximum absolute atomic E-state index is 14.0. The molecule has 16 heteroatoms. The molecule has 0 radical (unpaired) electrons. The van der Waals surface area contributed by atoms with E-state index < -0.39 is 35.7 Å². The topological polar surface area (TPSA) is 131 Å². The highest BCUT2D eigenvalue weighted by atomic mass is 32.2. The van der Waals surface area contributed by atoms with Crippen molar-refractivity contribution in [1.29, 1.82) is 0 Å². The first kappa shape index (κ1) is 40.4. The quantitative estimate of drug-likeness (QED) is 0.103. The summed E-state index contributed by atoms with van der Waals surface area (Å²) in [5, 5.41) is 3.67. The molecule has 2 aliphatic rings. The molecule has 0 bridgehead atoms. The summed E-state index contributed by atoms with van der Waals surface area (Å²) >= 11 is 0.